The Kier molecular flexibility index (Phi) is 4.26. The first-order valence-electron chi connectivity index (χ1n) is 9.23. The molecule has 1 heterocycles. The Morgan fingerprint density at radius 2 is 1.44 bits per heavy atom. The summed E-state index contributed by atoms with van der Waals surface area (Å²) in [6.45, 7) is 8.68. The maximum absolute atomic E-state index is 6.33. The Labute approximate surface area is 150 Å². The third-order valence-corrected chi connectivity index (χ3v) is 5.83. The molecular weight excluding hydrogens is 308 g/mol. The van der Waals surface area contributed by atoms with Gasteiger partial charge in [-0.15, -0.1) is 0 Å². The zero-order valence-corrected chi connectivity index (χ0v) is 15.0. The second-order valence-corrected chi connectivity index (χ2v) is 7.48. The van der Waals surface area contributed by atoms with Crippen LogP contribution in [0.4, 0.5) is 0 Å². The molecule has 4 atom stereocenters. The molecule has 1 aliphatic heterocycles. The molecule has 0 radical (unpaired) electrons. The van der Waals surface area contributed by atoms with Crippen LogP contribution in [0.25, 0.3) is 5.57 Å². The van der Waals surface area contributed by atoms with Crippen LogP contribution in [-0.4, -0.2) is 18.0 Å². The van der Waals surface area contributed by atoms with Gasteiger partial charge < -0.3 is 9.47 Å². The van der Waals surface area contributed by atoms with E-state index in [0.29, 0.717) is 11.8 Å². The van der Waals surface area contributed by atoms with Crippen molar-refractivity contribution in [2.24, 2.45) is 5.92 Å². The number of hydrogen-bond donors (Lipinski definition) is 0. The zero-order valence-electron chi connectivity index (χ0n) is 15.0. The predicted octanol–water partition coefficient (Wildman–Crippen LogP) is 5.41. The van der Waals surface area contributed by atoms with Crippen LogP contribution in [0.1, 0.15) is 43.7 Å². The SMILES string of the molecule is C=C(c1ccccc1)[C@H]1CC2(C[C@H]1c1ccccc1)O[C@H](C)[C@@H](C)O2. The van der Waals surface area contributed by atoms with Crippen molar-refractivity contribution in [3.63, 3.8) is 0 Å². The minimum Gasteiger partial charge on any atom is -0.344 e. The lowest BCUT2D eigenvalue weighted by Gasteiger charge is -2.23. The Bertz CT molecular complexity index is 727. The summed E-state index contributed by atoms with van der Waals surface area (Å²) in [7, 11) is 0. The molecule has 2 aromatic rings. The molecule has 1 spiro atoms. The lowest BCUT2D eigenvalue weighted by atomic mass is 9.82. The van der Waals surface area contributed by atoms with Gasteiger partial charge in [-0.2, -0.15) is 0 Å². The van der Waals surface area contributed by atoms with Crippen LogP contribution in [0.2, 0.25) is 0 Å². The van der Waals surface area contributed by atoms with Crippen molar-refractivity contribution in [2.75, 3.05) is 0 Å². The van der Waals surface area contributed by atoms with Crippen LogP contribution in [0.15, 0.2) is 67.2 Å². The van der Waals surface area contributed by atoms with E-state index < -0.39 is 5.79 Å². The van der Waals surface area contributed by atoms with Crippen molar-refractivity contribution >= 4 is 5.57 Å². The lowest BCUT2D eigenvalue weighted by molar-refractivity contribution is -0.168. The quantitative estimate of drug-likeness (QED) is 0.747. The van der Waals surface area contributed by atoms with Gasteiger partial charge in [0.1, 0.15) is 0 Å². The van der Waals surface area contributed by atoms with Gasteiger partial charge in [0.25, 0.3) is 0 Å². The van der Waals surface area contributed by atoms with Gasteiger partial charge in [0.05, 0.1) is 12.2 Å². The fourth-order valence-corrected chi connectivity index (χ4v) is 4.41. The highest BCUT2D eigenvalue weighted by Crippen LogP contribution is 2.55. The van der Waals surface area contributed by atoms with Crippen LogP contribution in [-0.2, 0) is 9.47 Å². The molecule has 0 unspecified atom stereocenters. The van der Waals surface area contributed by atoms with Crippen LogP contribution >= 0.6 is 0 Å². The molecule has 0 N–H and O–H groups in total. The summed E-state index contributed by atoms with van der Waals surface area (Å²) in [4.78, 5) is 0. The molecule has 2 aliphatic rings. The Balaban J connectivity index is 1.68. The standard InChI is InChI=1S/C23H26O2/c1-16(19-10-6-4-7-11-19)21-14-23(24-17(2)18(3)25-23)15-22(21)20-12-8-5-9-13-20/h4-13,17-18,21-22H,1,14-15H2,2-3H3/t17-,18-,21-,22+/m1/s1. The highest BCUT2D eigenvalue weighted by molar-refractivity contribution is 5.67. The zero-order chi connectivity index (χ0) is 17.4. The minimum atomic E-state index is -0.471. The molecule has 25 heavy (non-hydrogen) atoms. The fraction of sp³-hybridized carbons (Fsp3) is 0.391. The van der Waals surface area contributed by atoms with E-state index in [4.69, 9.17) is 9.47 Å². The Morgan fingerprint density at radius 3 is 2.04 bits per heavy atom. The normalized spacial score (nSPS) is 30.6. The molecule has 2 heteroatoms. The van der Waals surface area contributed by atoms with E-state index in [2.05, 4.69) is 75.0 Å². The van der Waals surface area contributed by atoms with Gasteiger partial charge >= 0.3 is 0 Å². The van der Waals surface area contributed by atoms with Crippen molar-refractivity contribution in [1.29, 1.82) is 0 Å². The fourth-order valence-electron chi connectivity index (χ4n) is 4.41. The second-order valence-electron chi connectivity index (χ2n) is 7.48. The van der Waals surface area contributed by atoms with E-state index in [-0.39, 0.29) is 12.2 Å². The second kappa shape index (κ2) is 6.44. The average Bonchev–Trinajstić information content (AvgIpc) is 3.14. The van der Waals surface area contributed by atoms with Crippen LogP contribution in [0.5, 0.6) is 0 Å². The third kappa shape index (κ3) is 3.05. The molecular formula is C23H26O2. The number of hydrogen-bond acceptors (Lipinski definition) is 2. The summed E-state index contributed by atoms with van der Waals surface area (Å²) < 4.78 is 12.7. The molecule has 1 saturated carbocycles. The van der Waals surface area contributed by atoms with E-state index in [1.165, 1.54) is 16.7 Å². The van der Waals surface area contributed by atoms with Crippen LogP contribution < -0.4 is 0 Å². The molecule has 2 nitrogen and oxygen atoms in total. The van der Waals surface area contributed by atoms with Crippen molar-refractivity contribution in [1.82, 2.24) is 0 Å². The largest absolute Gasteiger partial charge is 0.344 e. The number of ether oxygens (including phenoxy) is 2. The molecule has 130 valence electrons. The molecule has 0 bridgehead atoms. The summed E-state index contributed by atoms with van der Waals surface area (Å²) in [5.41, 5.74) is 3.75. The van der Waals surface area contributed by atoms with Crippen molar-refractivity contribution < 1.29 is 9.47 Å². The first kappa shape index (κ1) is 16.6. The summed E-state index contributed by atoms with van der Waals surface area (Å²) in [6.07, 6.45) is 2.04. The molecule has 2 fully saturated rings. The minimum absolute atomic E-state index is 0.139. The van der Waals surface area contributed by atoms with Gasteiger partial charge in [0.15, 0.2) is 5.79 Å². The van der Waals surface area contributed by atoms with E-state index in [0.717, 1.165) is 12.8 Å². The maximum Gasteiger partial charge on any atom is 0.170 e. The summed E-state index contributed by atoms with van der Waals surface area (Å²) in [6, 6.07) is 21.2. The molecule has 1 aliphatic carbocycles. The average molecular weight is 334 g/mol. The number of rotatable bonds is 3. The Morgan fingerprint density at radius 1 is 0.880 bits per heavy atom. The van der Waals surface area contributed by atoms with Gasteiger partial charge in [-0.05, 0) is 42.4 Å². The lowest BCUT2D eigenvalue weighted by Crippen LogP contribution is -2.27. The van der Waals surface area contributed by atoms with Gasteiger partial charge in [0.2, 0.25) is 0 Å². The predicted molar refractivity (Wildman–Crippen MR) is 101 cm³/mol. The van der Waals surface area contributed by atoms with Crippen LogP contribution in [0, 0.1) is 5.92 Å². The monoisotopic (exact) mass is 334 g/mol. The molecule has 0 amide bonds. The van der Waals surface area contributed by atoms with Crippen molar-refractivity contribution in [3.8, 4) is 0 Å². The van der Waals surface area contributed by atoms with E-state index in [9.17, 15) is 0 Å². The van der Waals surface area contributed by atoms with E-state index >= 15 is 0 Å². The first-order valence-corrected chi connectivity index (χ1v) is 9.23. The summed E-state index contributed by atoms with van der Waals surface area (Å²) in [5, 5.41) is 0. The molecule has 2 aromatic carbocycles. The number of benzene rings is 2. The molecule has 4 rings (SSSR count). The summed E-state index contributed by atoms with van der Waals surface area (Å²) >= 11 is 0. The van der Waals surface area contributed by atoms with Gasteiger partial charge in [0, 0.05) is 12.8 Å². The van der Waals surface area contributed by atoms with Crippen molar-refractivity contribution in [3.05, 3.63) is 78.4 Å². The Hall–Kier alpha value is -1.90. The van der Waals surface area contributed by atoms with Gasteiger partial charge in [-0.1, -0.05) is 67.2 Å². The summed E-state index contributed by atoms with van der Waals surface area (Å²) in [5.74, 6) is 0.218. The molecule has 1 saturated heterocycles. The van der Waals surface area contributed by atoms with Gasteiger partial charge in [-0.3, -0.25) is 0 Å². The van der Waals surface area contributed by atoms with Crippen molar-refractivity contribution in [2.45, 2.75) is 50.6 Å². The maximum atomic E-state index is 6.33. The number of allylic oxidation sites excluding steroid dienone is 1. The first-order chi connectivity index (χ1) is 12.1. The van der Waals surface area contributed by atoms with E-state index in [1.54, 1.807) is 0 Å². The molecule has 0 aromatic heterocycles. The van der Waals surface area contributed by atoms with E-state index in [1.807, 2.05) is 6.07 Å². The van der Waals surface area contributed by atoms with Gasteiger partial charge in [-0.25, -0.2) is 0 Å². The highest BCUT2D eigenvalue weighted by Gasteiger charge is 2.54. The third-order valence-electron chi connectivity index (χ3n) is 5.83. The van der Waals surface area contributed by atoms with Crippen LogP contribution in [0.3, 0.4) is 0 Å². The topological polar surface area (TPSA) is 18.5 Å². The smallest absolute Gasteiger partial charge is 0.170 e. The highest BCUT2D eigenvalue weighted by atomic mass is 16.8.